The van der Waals surface area contributed by atoms with Crippen molar-refractivity contribution in [1.82, 2.24) is 0 Å². The SMILES string of the molecule is O=C(Nc1cc(C(F)(F)F)ccc1Cl)c1cc(COc2ccc(F)cc2F)cs1. The van der Waals surface area contributed by atoms with Crippen molar-refractivity contribution in [3.8, 4) is 5.75 Å². The predicted molar refractivity (Wildman–Crippen MR) is 99.4 cm³/mol. The van der Waals surface area contributed by atoms with Crippen LogP contribution in [0.15, 0.2) is 47.8 Å². The maximum Gasteiger partial charge on any atom is 0.416 e. The van der Waals surface area contributed by atoms with Crippen LogP contribution in [0.1, 0.15) is 20.8 Å². The lowest BCUT2D eigenvalue weighted by atomic mass is 10.2. The summed E-state index contributed by atoms with van der Waals surface area (Å²) in [6.07, 6.45) is -4.58. The van der Waals surface area contributed by atoms with E-state index in [4.69, 9.17) is 16.3 Å². The molecule has 152 valence electrons. The number of hydrogen-bond acceptors (Lipinski definition) is 3. The third kappa shape index (κ3) is 5.24. The van der Waals surface area contributed by atoms with Gasteiger partial charge in [0.1, 0.15) is 12.4 Å². The van der Waals surface area contributed by atoms with E-state index < -0.39 is 29.3 Å². The standard InChI is InChI=1S/C19H11ClF5NO2S/c20-13-3-1-11(19(23,24)25)6-15(13)26-18(27)17-5-10(9-29-17)8-28-16-4-2-12(21)7-14(16)22/h1-7,9H,8H2,(H,26,27). The maximum atomic E-state index is 13.6. The van der Waals surface area contributed by atoms with Gasteiger partial charge in [0.05, 0.1) is 21.2 Å². The largest absolute Gasteiger partial charge is 0.486 e. The average Bonchev–Trinajstić information content (AvgIpc) is 3.11. The van der Waals surface area contributed by atoms with Crippen LogP contribution in [0.4, 0.5) is 27.6 Å². The summed E-state index contributed by atoms with van der Waals surface area (Å²) < 4.78 is 70.2. The number of benzene rings is 2. The van der Waals surface area contributed by atoms with Crippen LogP contribution in [0.3, 0.4) is 0 Å². The summed E-state index contributed by atoms with van der Waals surface area (Å²) >= 11 is 6.89. The summed E-state index contributed by atoms with van der Waals surface area (Å²) in [7, 11) is 0. The fraction of sp³-hybridized carbons (Fsp3) is 0.105. The van der Waals surface area contributed by atoms with Gasteiger partial charge in [-0.3, -0.25) is 4.79 Å². The lowest BCUT2D eigenvalue weighted by Crippen LogP contribution is -2.12. The first-order valence-electron chi connectivity index (χ1n) is 7.97. The monoisotopic (exact) mass is 447 g/mol. The highest BCUT2D eigenvalue weighted by atomic mass is 35.5. The first-order valence-corrected chi connectivity index (χ1v) is 9.22. The molecule has 0 saturated carbocycles. The van der Waals surface area contributed by atoms with Crippen LogP contribution in [0.25, 0.3) is 0 Å². The molecular weight excluding hydrogens is 437 g/mol. The Kier molecular flexibility index (Phi) is 6.09. The van der Waals surface area contributed by atoms with Gasteiger partial charge in [0.15, 0.2) is 11.6 Å². The van der Waals surface area contributed by atoms with Crippen molar-refractivity contribution < 1.29 is 31.5 Å². The van der Waals surface area contributed by atoms with Gasteiger partial charge < -0.3 is 10.1 Å². The number of nitrogens with one attached hydrogen (secondary N) is 1. The molecule has 1 aromatic heterocycles. The molecule has 0 spiro atoms. The van der Waals surface area contributed by atoms with E-state index in [-0.39, 0.29) is 27.9 Å². The molecule has 3 aromatic rings. The van der Waals surface area contributed by atoms with E-state index in [9.17, 15) is 26.7 Å². The Morgan fingerprint density at radius 3 is 2.55 bits per heavy atom. The summed E-state index contributed by atoms with van der Waals surface area (Å²) in [5.74, 6) is -2.41. The van der Waals surface area contributed by atoms with Gasteiger partial charge in [-0.1, -0.05) is 11.6 Å². The molecule has 0 aliphatic rings. The topological polar surface area (TPSA) is 38.3 Å². The van der Waals surface area contributed by atoms with Crippen molar-refractivity contribution in [2.75, 3.05) is 5.32 Å². The van der Waals surface area contributed by atoms with E-state index in [0.717, 1.165) is 41.7 Å². The number of hydrogen-bond donors (Lipinski definition) is 1. The van der Waals surface area contributed by atoms with Crippen LogP contribution in [0.2, 0.25) is 5.02 Å². The van der Waals surface area contributed by atoms with Gasteiger partial charge >= 0.3 is 6.18 Å². The Balaban J connectivity index is 1.68. The molecule has 29 heavy (non-hydrogen) atoms. The van der Waals surface area contributed by atoms with Gasteiger partial charge in [0.2, 0.25) is 0 Å². The van der Waals surface area contributed by atoms with Crippen LogP contribution in [-0.4, -0.2) is 5.91 Å². The summed E-state index contributed by atoms with van der Waals surface area (Å²) in [5.41, 5.74) is -0.594. The van der Waals surface area contributed by atoms with Crippen LogP contribution in [-0.2, 0) is 12.8 Å². The van der Waals surface area contributed by atoms with Crippen LogP contribution >= 0.6 is 22.9 Å². The highest BCUT2D eigenvalue weighted by Crippen LogP contribution is 2.34. The van der Waals surface area contributed by atoms with Crippen molar-refractivity contribution in [3.63, 3.8) is 0 Å². The number of halogens is 6. The smallest absolute Gasteiger partial charge is 0.416 e. The molecule has 1 N–H and O–H groups in total. The number of rotatable bonds is 5. The van der Waals surface area contributed by atoms with Gasteiger partial charge in [-0.25, -0.2) is 8.78 Å². The zero-order chi connectivity index (χ0) is 21.2. The summed E-state index contributed by atoms with van der Waals surface area (Å²) in [6.45, 7) is -0.0867. The first kappa shape index (κ1) is 21.1. The lowest BCUT2D eigenvalue weighted by molar-refractivity contribution is -0.137. The Morgan fingerprint density at radius 1 is 1.10 bits per heavy atom. The van der Waals surface area contributed by atoms with E-state index in [1.807, 2.05) is 0 Å². The molecule has 3 rings (SSSR count). The van der Waals surface area contributed by atoms with Gasteiger partial charge in [-0.2, -0.15) is 13.2 Å². The summed E-state index contributed by atoms with van der Waals surface area (Å²) in [5, 5.41) is 3.87. The zero-order valence-electron chi connectivity index (χ0n) is 14.3. The second kappa shape index (κ2) is 8.38. The normalized spacial score (nSPS) is 11.4. The van der Waals surface area contributed by atoms with E-state index in [1.54, 1.807) is 5.38 Å². The zero-order valence-corrected chi connectivity index (χ0v) is 15.9. The van der Waals surface area contributed by atoms with Crippen LogP contribution < -0.4 is 10.1 Å². The Morgan fingerprint density at radius 2 is 1.86 bits per heavy atom. The number of ether oxygens (including phenoxy) is 1. The molecule has 1 amide bonds. The van der Waals surface area contributed by atoms with Crippen LogP contribution in [0, 0.1) is 11.6 Å². The lowest BCUT2D eigenvalue weighted by Gasteiger charge is -2.11. The molecule has 0 aliphatic heterocycles. The fourth-order valence-electron chi connectivity index (χ4n) is 2.31. The molecule has 0 bridgehead atoms. The second-order valence-electron chi connectivity index (χ2n) is 5.83. The number of thiophene rings is 1. The van der Waals surface area contributed by atoms with Gasteiger partial charge in [0, 0.05) is 11.6 Å². The highest BCUT2D eigenvalue weighted by molar-refractivity contribution is 7.12. The molecule has 0 fully saturated rings. The average molecular weight is 448 g/mol. The van der Waals surface area contributed by atoms with Crippen LogP contribution in [0.5, 0.6) is 5.75 Å². The molecule has 0 aliphatic carbocycles. The predicted octanol–water partition coefficient (Wildman–Crippen LogP) is 6.53. The number of amides is 1. The Hall–Kier alpha value is -2.65. The molecular formula is C19H11ClF5NO2S. The molecule has 10 heteroatoms. The van der Waals surface area contributed by atoms with Crippen molar-refractivity contribution in [2.45, 2.75) is 12.8 Å². The van der Waals surface area contributed by atoms with E-state index in [1.165, 1.54) is 6.07 Å². The highest BCUT2D eigenvalue weighted by Gasteiger charge is 2.31. The molecule has 0 atom stereocenters. The number of carbonyl (C=O) groups is 1. The van der Waals surface area contributed by atoms with Crippen molar-refractivity contribution in [3.05, 3.63) is 80.5 Å². The van der Waals surface area contributed by atoms with Gasteiger partial charge in [0.25, 0.3) is 5.91 Å². The number of alkyl halides is 3. The minimum absolute atomic E-state index is 0.0433. The van der Waals surface area contributed by atoms with Crippen molar-refractivity contribution in [1.29, 1.82) is 0 Å². The molecule has 3 nitrogen and oxygen atoms in total. The van der Waals surface area contributed by atoms with Gasteiger partial charge in [-0.05, 0) is 41.8 Å². The Labute approximate surface area is 170 Å². The molecule has 0 saturated heterocycles. The molecule has 2 aromatic carbocycles. The van der Waals surface area contributed by atoms with E-state index in [2.05, 4.69) is 5.32 Å². The summed E-state index contributed by atoms with van der Waals surface area (Å²) in [6, 6.07) is 6.92. The third-order valence-corrected chi connectivity index (χ3v) is 5.02. The third-order valence-electron chi connectivity index (χ3n) is 3.71. The minimum Gasteiger partial charge on any atom is -0.486 e. The number of anilines is 1. The van der Waals surface area contributed by atoms with E-state index in [0.29, 0.717) is 11.6 Å². The number of carbonyl (C=O) groups excluding carboxylic acids is 1. The summed E-state index contributed by atoms with van der Waals surface area (Å²) in [4.78, 5) is 12.5. The molecule has 1 heterocycles. The molecule has 0 unspecified atom stereocenters. The second-order valence-corrected chi connectivity index (χ2v) is 7.15. The fourth-order valence-corrected chi connectivity index (χ4v) is 3.26. The Bertz CT molecular complexity index is 1050. The quantitative estimate of drug-likeness (QED) is 0.451. The van der Waals surface area contributed by atoms with Crippen molar-refractivity contribution >= 4 is 34.5 Å². The van der Waals surface area contributed by atoms with Gasteiger partial charge in [-0.15, -0.1) is 11.3 Å². The minimum atomic E-state index is -4.58. The van der Waals surface area contributed by atoms with Crippen molar-refractivity contribution in [2.24, 2.45) is 0 Å². The maximum absolute atomic E-state index is 13.6. The first-order chi connectivity index (χ1) is 13.6. The molecule has 0 radical (unpaired) electrons. The van der Waals surface area contributed by atoms with E-state index >= 15 is 0 Å².